The number of nitrogens with two attached hydrogens (primary N) is 1. The van der Waals surface area contributed by atoms with Crippen LogP contribution < -0.4 is 5.73 Å². The van der Waals surface area contributed by atoms with Crippen LogP contribution in [0.25, 0.3) is 0 Å². The quantitative estimate of drug-likeness (QED) is 0.639. The number of nitrogens with zero attached hydrogens (tertiary/aromatic N) is 1. The van der Waals surface area contributed by atoms with E-state index in [4.69, 9.17) is 15.2 Å². The molecule has 4 nitrogen and oxygen atoms in total. The van der Waals surface area contributed by atoms with E-state index in [9.17, 15) is 0 Å². The Balaban J connectivity index is 1.93. The summed E-state index contributed by atoms with van der Waals surface area (Å²) in [5.74, 6) is 0. The van der Waals surface area contributed by atoms with Crippen molar-refractivity contribution >= 4 is 0 Å². The Morgan fingerprint density at radius 3 is 2.53 bits per heavy atom. The summed E-state index contributed by atoms with van der Waals surface area (Å²) < 4.78 is 10.5. The minimum Gasteiger partial charge on any atom is -0.379 e. The van der Waals surface area contributed by atoms with Gasteiger partial charge in [-0.2, -0.15) is 0 Å². The fourth-order valence-corrected chi connectivity index (χ4v) is 1.13. The zero-order chi connectivity index (χ0) is 10.8. The molecule has 0 aliphatic heterocycles. The van der Waals surface area contributed by atoms with Crippen LogP contribution in [0.3, 0.4) is 0 Å². The van der Waals surface area contributed by atoms with E-state index in [0.717, 1.165) is 12.1 Å². The number of ether oxygens (including phenoxy) is 2. The van der Waals surface area contributed by atoms with Gasteiger partial charge in [-0.1, -0.05) is 6.07 Å². The van der Waals surface area contributed by atoms with Gasteiger partial charge in [0.15, 0.2) is 0 Å². The predicted octanol–water partition coefficient (Wildman–Crippen LogP) is 0.616. The molecule has 1 aromatic heterocycles. The van der Waals surface area contributed by atoms with Gasteiger partial charge in [0.1, 0.15) is 0 Å². The maximum Gasteiger partial charge on any atom is 0.0701 e. The summed E-state index contributed by atoms with van der Waals surface area (Å²) in [6.07, 6.45) is 2.64. The summed E-state index contributed by atoms with van der Waals surface area (Å²) in [4.78, 5) is 4.20. The second-order valence-corrected chi connectivity index (χ2v) is 3.08. The van der Waals surface area contributed by atoms with Gasteiger partial charge in [0, 0.05) is 24.9 Å². The van der Waals surface area contributed by atoms with Crippen molar-refractivity contribution in [3.63, 3.8) is 0 Å². The molecule has 1 rings (SSSR count). The van der Waals surface area contributed by atoms with Gasteiger partial charge in [-0.25, -0.2) is 0 Å². The van der Waals surface area contributed by atoms with E-state index in [1.807, 2.05) is 18.2 Å². The van der Waals surface area contributed by atoms with E-state index in [2.05, 4.69) is 4.98 Å². The van der Waals surface area contributed by atoms with Gasteiger partial charge in [-0.15, -0.1) is 0 Å². The molecule has 0 saturated heterocycles. The molecule has 0 aliphatic carbocycles. The molecule has 15 heavy (non-hydrogen) atoms. The van der Waals surface area contributed by atoms with Crippen molar-refractivity contribution in [2.24, 2.45) is 5.73 Å². The smallest absolute Gasteiger partial charge is 0.0701 e. The average molecular weight is 210 g/mol. The summed E-state index contributed by atoms with van der Waals surface area (Å²) in [6.45, 7) is 3.08. The van der Waals surface area contributed by atoms with E-state index in [-0.39, 0.29) is 0 Å². The summed E-state index contributed by atoms with van der Waals surface area (Å²) in [5, 5.41) is 0. The molecule has 0 atom stereocenters. The molecule has 1 aromatic rings. The van der Waals surface area contributed by atoms with E-state index in [1.165, 1.54) is 0 Å². The monoisotopic (exact) mass is 210 g/mol. The number of aromatic nitrogens is 1. The van der Waals surface area contributed by atoms with Crippen LogP contribution in [0.15, 0.2) is 24.4 Å². The first kappa shape index (κ1) is 12.1. The second kappa shape index (κ2) is 8.35. The summed E-state index contributed by atoms with van der Waals surface area (Å²) in [6, 6.07) is 5.88. The highest BCUT2D eigenvalue weighted by molar-refractivity contribution is 5.03. The van der Waals surface area contributed by atoms with E-state index < -0.39 is 0 Å². The van der Waals surface area contributed by atoms with Crippen LogP contribution in [0, 0.1) is 0 Å². The molecule has 0 fully saturated rings. The SMILES string of the molecule is NCCOCCOCCc1ccccn1. The van der Waals surface area contributed by atoms with Gasteiger partial charge in [-0.3, -0.25) is 4.98 Å². The highest BCUT2D eigenvalue weighted by Gasteiger charge is 1.93. The van der Waals surface area contributed by atoms with Crippen LogP contribution >= 0.6 is 0 Å². The first-order valence-corrected chi connectivity index (χ1v) is 5.19. The molecular formula is C11H18N2O2. The fraction of sp³-hybridized carbons (Fsp3) is 0.545. The molecule has 0 amide bonds. The number of pyridine rings is 1. The first-order chi connectivity index (χ1) is 7.43. The molecule has 0 aromatic carbocycles. The Labute approximate surface area is 90.4 Å². The van der Waals surface area contributed by atoms with Gasteiger partial charge in [-0.05, 0) is 12.1 Å². The van der Waals surface area contributed by atoms with E-state index >= 15 is 0 Å². The maximum absolute atomic E-state index is 5.38. The van der Waals surface area contributed by atoms with E-state index in [1.54, 1.807) is 6.20 Å². The summed E-state index contributed by atoms with van der Waals surface area (Å²) in [5.41, 5.74) is 6.33. The predicted molar refractivity (Wildman–Crippen MR) is 58.6 cm³/mol. The highest BCUT2D eigenvalue weighted by Crippen LogP contribution is 1.94. The Morgan fingerprint density at radius 1 is 1.07 bits per heavy atom. The molecule has 84 valence electrons. The fourth-order valence-electron chi connectivity index (χ4n) is 1.13. The Morgan fingerprint density at radius 2 is 1.87 bits per heavy atom. The molecular weight excluding hydrogens is 192 g/mol. The highest BCUT2D eigenvalue weighted by atomic mass is 16.5. The zero-order valence-corrected chi connectivity index (χ0v) is 8.89. The van der Waals surface area contributed by atoms with Gasteiger partial charge >= 0.3 is 0 Å². The van der Waals surface area contributed by atoms with Gasteiger partial charge in [0.25, 0.3) is 0 Å². The Hall–Kier alpha value is -0.970. The maximum atomic E-state index is 5.38. The van der Waals surface area contributed by atoms with Crippen molar-refractivity contribution in [3.05, 3.63) is 30.1 Å². The first-order valence-electron chi connectivity index (χ1n) is 5.19. The van der Waals surface area contributed by atoms with Crippen LogP contribution in [-0.2, 0) is 15.9 Å². The number of rotatable bonds is 8. The lowest BCUT2D eigenvalue weighted by Gasteiger charge is -2.04. The third-order valence-corrected chi connectivity index (χ3v) is 1.86. The lowest BCUT2D eigenvalue weighted by Crippen LogP contribution is -2.12. The van der Waals surface area contributed by atoms with Crippen LogP contribution in [0.1, 0.15) is 5.69 Å². The Kier molecular flexibility index (Phi) is 6.73. The lowest BCUT2D eigenvalue weighted by atomic mass is 10.3. The van der Waals surface area contributed by atoms with Gasteiger partial charge in [0.05, 0.1) is 26.4 Å². The van der Waals surface area contributed by atoms with Crippen molar-refractivity contribution in [3.8, 4) is 0 Å². The molecule has 2 N–H and O–H groups in total. The lowest BCUT2D eigenvalue weighted by molar-refractivity contribution is 0.0517. The zero-order valence-electron chi connectivity index (χ0n) is 8.89. The second-order valence-electron chi connectivity index (χ2n) is 3.08. The molecule has 0 spiro atoms. The third-order valence-electron chi connectivity index (χ3n) is 1.86. The Bertz CT molecular complexity index is 242. The van der Waals surface area contributed by atoms with Gasteiger partial charge < -0.3 is 15.2 Å². The third kappa shape index (κ3) is 6.17. The molecule has 0 unspecified atom stereocenters. The van der Waals surface area contributed by atoms with Crippen LogP contribution in [0.2, 0.25) is 0 Å². The van der Waals surface area contributed by atoms with Crippen LogP contribution in [-0.4, -0.2) is 38.0 Å². The molecule has 0 saturated carbocycles. The standard InChI is InChI=1S/C11H18N2O2/c12-5-8-15-10-9-14-7-4-11-3-1-2-6-13-11/h1-3,6H,4-5,7-10,12H2. The van der Waals surface area contributed by atoms with Crippen molar-refractivity contribution in [1.29, 1.82) is 0 Å². The summed E-state index contributed by atoms with van der Waals surface area (Å²) in [7, 11) is 0. The molecule has 0 bridgehead atoms. The number of hydrogen-bond donors (Lipinski definition) is 1. The van der Waals surface area contributed by atoms with E-state index in [0.29, 0.717) is 33.0 Å². The molecule has 4 heteroatoms. The summed E-state index contributed by atoms with van der Waals surface area (Å²) >= 11 is 0. The molecule has 0 radical (unpaired) electrons. The molecule has 0 aliphatic rings. The van der Waals surface area contributed by atoms with Crippen molar-refractivity contribution in [2.45, 2.75) is 6.42 Å². The molecule has 1 heterocycles. The topological polar surface area (TPSA) is 57.4 Å². The van der Waals surface area contributed by atoms with Crippen LogP contribution in [0.4, 0.5) is 0 Å². The minimum absolute atomic E-state index is 0.563. The number of hydrogen-bond acceptors (Lipinski definition) is 4. The normalized spacial score (nSPS) is 10.5. The largest absolute Gasteiger partial charge is 0.379 e. The van der Waals surface area contributed by atoms with Crippen molar-refractivity contribution < 1.29 is 9.47 Å². The van der Waals surface area contributed by atoms with Gasteiger partial charge in [0.2, 0.25) is 0 Å². The average Bonchev–Trinajstić information content (AvgIpc) is 2.29. The van der Waals surface area contributed by atoms with Crippen LogP contribution in [0.5, 0.6) is 0 Å². The van der Waals surface area contributed by atoms with Crippen molar-refractivity contribution in [1.82, 2.24) is 4.98 Å². The van der Waals surface area contributed by atoms with Crippen molar-refractivity contribution in [2.75, 3.05) is 33.0 Å². The minimum atomic E-state index is 0.563.